The van der Waals surface area contributed by atoms with E-state index in [-0.39, 0.29) is 22.9 Å². The van der Waals surface area contributed by atoms with E-state index >= 15 is 0 Å². The molecule has 1 heterocycles. The van der Waals surface area contributed by atoms with Crippen LogP contribution in [0.15, 0.2) is 58.4 Å². The zero-order valence-electron chi connectivity index (χ0n) is 12.3. The molecular formula is C17H12N2O4S. The summed E-state index contributed by atoms with van der Waals surface area (Å²) in [5.74, 6) is -1.24. The van der Waals surface area contributed by atoms with Crippen molar-refractivity contribution in [2.45, 2.75) is 0 Å². The number of carbonyl (C=O) groups is 2. The van der Waals surface area contributed by atoms with Gasteiger partial charge in [-0.1, -0.05) is 24.3 Å². The Morgan fingerprint density at radius 3 is 2.54 bits per heavy atom. The second kappa shape index (κ2) is 6.59. The number of amidine groups is 1. The smallest absolute Gasteiger partial charge is 0.337 e. The molecule has 0 saturated carbocycles. The molecule has 3 rings (SSSR count). The lowest BCUT2D eigenvalue weighted by Crippen LogP contribution is -2.19. The van der Waals surface area contributed by atoms with Crippen molar-refractivity contribution < 1.29 is 19.8 Å². The highest BCUT2D eigenvalue weighted by molar-refractivity contribution is 8.18. The molecule has 2 aromatic carbocycles. The minimum atomic E-state index is -1.08. The summed E-state index contributed by atoms with van der Waals surface area (Å²) in [5, 5.41) is 21.4. The van der Waals surface area contributed by atoms with Crippen LogP contribution in [-0.2, 0) is 4.79 Å². The second-order valence-corrected chi connectivity index (χ2v) is 5.93. The van der Waals surface area contributed by atoms with Crippen molar-refractivity contribution in [1.82, 2.24) is 5.32 Å². The highest BCUT2D eigenvalue weighted by Gasteiger charge is 2.24. The number of carboxylic acid groups (broad SMARTS) is 1. The quantitative estimate of drug-likeness (QED) is 0.746. The molecule has 1 aliphatic heterocycles. The first-order chi connectivity index (χ1) is 11.5. The summed E-state index contributed by atoms with van der Waals surface area (Å²) in [7, 11) is 0. The normalized spacial score (nSPS) is 17.2. The van der Waals surface area contributed by atoms with Gasteiger partial charge in [0.05, 0.1) is 16.2 Å². The van der Waals surface area contributed by atoms with E-state index in [9.17, 15) is 14.7 Å². The van der Waals surface area contributed by atoms with E-state index in [1.54, 1.807) is 36.4 Å². The predicted molar refractivity (Wildman–Crippen MR) is 92.3 cm³/mol. The highest BCUT2D eigenvalue weighted by atomic mass is 32.2. The molecule has 1 amide bonds. The zero-order valence-corrected chi connectivity index (χ0v) is 13.1. The maximum atomic E-state index is 12.0. The molecule has 1 fully saturated rings. The van der Waals surface area contributed by atoms with Crippen LogP contribution in [-0.4, -0.2) is 27.3 Å². The van der Waals surface area contributed by atoms with Crippen LogP contribution in [0, 0.1) is 0 Å². The summed E-state index contributed by atoms with van der Waals surface area (Å²) in [5.41, 5.74) is 1.10. The van der Waals surface area contributed by atoms with Gasteiger partial charge in [-0.25, -0.2) is 9.79 Å². The average molecular weight is 340 g/mol. The molecule has 120 valence electrons. The first-order valence-electron chi connectivity index (χ1n) is 6.94. The highest BCUT2D eigenvalue weighted by Crippen LogP contribution is 2.29. The van der Waals surface area contributed by atoms with Crippen LogP contribution in [0.3, 0.4) is 0 Å². The van der Waals surface area contributed by atoms with Gasteiger partial charge in [0, 0.05) is 0 Å². The van der Waals surface area contributed by atoms with Crippen molar-refractivity contribution in [1.29, 1.82) is 0 Å². The van der Waals surface area contributed by atoms with Crippen LogP contribution in [0.2, 0.25) is 0 Å². The molecule has 0 radical (unpaired) electrons. The Kier molecular flexibility index (Phi) is 4.35. The fourth-order valence-electron chi connectivity index (χ4n) is 2.06. The SMILES string of the molecule is O=C1NC(=Nc2ccccc2C(=O)O)S/C1=C/c1ccc(O)cc1. The molecule has 1 aliphatic rings. The summed E-state index contributed by atoms with van der Waals surface area (Å²) in [6.45, 7) is 0. The third-order valence-corrected chi connectivity index (χ3v) is 4.11. The number of carbonyl (C=O) groups excluding carboxylic acids is 1. The zero-order chi connectivity index (χ0) is 17.1. The van der Waals surface area contributed by atoms with Crippen molar-refractivity contribution in [3.05, 3.63) is 64.6 Å². The molecule has 0 aromatic heterocycles. The second-order valence-electron chi connectivity index (χ2n) is 4.90. The van der Waals surface area contributed by atoms with E-state index in [0.717, 1.165) is 17.3 Å². The number of thioether (sulfide) groups is 1. The predicted octanol–water partition coefficient (Wildman–Crippen LogP) is 2.98. The number of aromatic carboxylic acids is 1. The van der Waals surface area contributed by atoms with E-state index in [1.165, 1.54) is 18.2 Å². The molecule has 0 spiro atoms. The van der Waals surface area contributed by atoms with Gasteiger partial charge < -0.3 is 15.5 Å². The van der Waals surface area contributed by atoms with Gasteiger partial charge in [-0.15, -0.1) is 0 Å². The van der Waals surface area contributed by atoms with E-state index in [2.05, 4.69) is 10.3 Å². The lowest BCUT2D eigenvalue weighted by atomic mass is 10.2. The minimum absolute atomic E-state index is 0.0656. The molecule has 24 heavy (non-hydrogen) atoms. The summed E-state index contributed by atoms with van der Waals surface area (Å²) in [6, 6.07) is 12.8. The van der Waals surface area contributed by atoms with Gasteiger partial charge in [-0.2, -0.15) is 0 Å². The van der Waals surface area contributed by atoms with Gasteiger partial charge in [0.25, 0.3) is 5.91 Å². The van der Waals surface area contributed by atoms with Crippen LogP contribution in [0.5, 0.6) is 5.75 Å². The van der Waals surface area contributed by atoms with E-state index in [1.807, 2.05) is 0 Å². The van der Waals surface area contributed by atoms with Crippen LogP contribution < -0.4 is 5.32 Å². The number of aromatic hydroxyl groups is 1. The fourth-order valence-corrected chi connectivity index (χ4v) is 2.90. The molecule has 3 N–H and O–H groups in total. The van der Waals surface area contributed by atoms with Crippen LogP contribution in [0.4, 0.5) is 5.69 Å². The number of carboxylic acids is 1. The van der Waals surface area contributed by atoms with Gasteiger partial charge in [0.1, 0.15) is 5.75 Å². The van der Waals surface area contributed by atoms with Crippen LogP contribution in [0.1, 0.15) is 15.9 Å². The van der Waals surface area contributed by atoms with Gasteiger partial charge >= 0.3 is 5.97 Å². The molecule has 0 unspecified atom stereocenters. The number of para-hydroxylation sites is 1. The van der Waals surface area contributed by atoms with Crippen LogP contribution >= 0.6 is 11.8 Å². The number of hydrogen-bond donors (Lipinski definition) is 3. The van der Waals surface area contributed by atoms with Gasteiger partial charge in [0.2, 0.25) is 0 Å². The van der Waals surface area contributed by atoms with Gasteiger partial charge in [-0.05, 0) is 47.7 Å². The maximum absolute atomic E-state index is 12.0. The topological polar surface area (TPSA) is 99.0 Å². The van der Waals surface area contributed by atoms with Crippen molar-refractivity contribution >= 4 is 40.6 Å². The number of nitrogens with one attached hydrogen (secondary N) is 1. The first-order valence-corrected chi connectivity index (χ1v) is 7.75. The van der Waals surface area contributed by atoms with Crippen molar-refractivity contribution in [3.63, 3.8) is 0 Å². The Hall–Kier alpha value is -3.06. The summed E-state index contributed by atoms with van der Waals surface area (Å²) >= 11 is 1.13. The number of hydrogen-bond acceptors (Lipinski definition) is 5. The van der Waals surface area contributed by atoms with Gasteiger partial charge in [0.15, 0.2) is 5.17 Å². The number of benzene rings is 2. The van der Waals surface area contributed by atoms with Crippen molar-refractivity contribution in [3.8, 4) is 5.75 Å². The number of rotatable bonds is 3. The van der Waals surface area contributed by atoms with E-state index < -0.39 is 5.97 Å². The maximum Gasteiger partial charge on any atom is 0.337 e. The Balaban J connectivity index is 1.87. The number of phenolic OH excluding ortho intramolecular Hbond substituents is 1. The Labute approximate surface area is 141 Å². The molecule has 6 nitrogen and oxygen atoms in total. The lowest BCUT2D eigenvalue weighted by molar-refractivity contribution is -0.115. The standard InChI is InChI=1S/C17H12N2O4S/c20-11-7-5-10(6-8-11)9-14-15(21)19-17(24-14)18-13-4-2-1-3-12(13)16(22)23/h1-9,20H,(H,22,23)(H,18,19,21)/b14-9+. The fraction of sp³-hybridized carbons (Fsp3) is 0. The third-order valence-electron chi connectivity index (χ3n) is 3.20. The summed E-state index contributed by atoms with van der Waals surface area (Å²) in [6.07, 6.45) is 1.67. The Morgan fingerprint density at radius 1 is 1.12 bits per heavy atom. The molecule has 7 heteroatoms. The van der Waals surface area contributed by atoms with Crippen molar-refractivity contribution in [2.24, 2.45) is 4.99 Å². The number of aliphatic imine (C=N–C) groups is 1. The molecular weight excluding hydrogens is 328 g/mol. The largest absolute Gasteiger partial charge is 0.508 e. The van der Waals surface area contributed by atoms with E-state index in [0.29, 0.717) is 10.1 Å². The third kappa shape index (κ3) is 3.47. The summed E-state index contributed by atoms with van der Waals surface area (Å²) < 4.78 is 0. The number of amides is 1. The van der Waals surface area contributed by atoms with Crippen molar-refractivity contribution in [2.75, 3.05) is 0 Å². The molecule has 0 bridgehead atoms. The number of phenols is 1. The molecule has 1 saturated heterocycles. The minimum Gasteiger partial charge on any atom is -0.508 e. The monoisotopic (exact) mass is 340 g/mol. The van der Waals surface area contributed by atoms with Gasteiger partial charge in [-0.3, -0.25) is 4.79 Å². The Bertz CT molecular complexity index is 872. The molecule has 0 aliphatic carbocycles. The molecule has 2 aromatic rings. The molecule has 0 atom stereocenters. The Morgan fingerprint density at radius 2 is 1.83 bits per heavy atom. The first kappa shape index (κ1) is 15.8. The van der Waals surface area contributed by atoms with E-state index in [4.69, 9.17) is 5.11 Å². The number of nitrogens with zero attached hydrogens (tertiary/aromatic N) is 1. The lowest BCUT2D eigenvalue weighted by Gasteiger charge is -2.00. The average Bonchev–Trinajstić information content (AvgIpc) is 2.89. The van der Waals surface area contributed by atoms with Crippen LogP contribution in [0.25, 0.3) is 6.08 Å². The summed E-state index contributed by atoms with van der Waals surface area (Å²) in [4.78, 5) is 27.9.